The fraction of sp³-hybridized carbons (Fsp3) is 0.133. The van der Waals surface area contributed by atoms with Crippen molar-refractivity contribution < 1.29 is 4.42 Å². The maximum atomic E-state index is 6.20. The third-order valence-corrected chi connectivity index (χ3v) is 7.85. The minimum atomic E-state index is 0.553. The van der Waals surface area contributed by atoms with Crippen LogP contribution in [0.1, 0.15) is 20.9 Å². The summed E-state index contributed by atoms with van der Waals surface area (Å²) in [6.07, 6.45) is 1.81. The number of amidine groups is 2. The highest BCUT2D eigenvalue weighted by Crippen LogP contribution is 2.29. The van der Waals surface area contributed by atoms with Crippen LogP contribution in [0, 0.1) is 0 Å². The van der Waals surface area contributed by atoms with Crippen LogP contribution in [0.25, 0.3) is 22.6 Å². The lowest BCUT2D eigenvalue weighted by Crippen LogP contribution is -2.14. The molecule has 186 valence electrons. The van der Waals surface area contributed by atoms with E-state index in [2.05, 4.69) is 45.0 Å². The fourth-order valence-electron chi connectivity index (χ4n) is 3.92. The average Bonchev–Trinajstić information content (AvgIpc) is 3.72. The van der Waals surface area contributed by atoms with E-state index in [4.69, 9.17) is 15.9 Å². The minimum absolute atomic E-state index is 0.553. The number of aliphatic imine (C=N–C) groups is 2. The Hall–Kier alpha value is -3.94. The SMILES string of the molecule is NC(=NCCc1cccs1)c1ccc(-c2ccc(-c3ccc(C(N)=NCCc4cccs4)cc3)o2)cc1. The van der Waals surface area contributed by atoms with Crippen molar-refractivity contribution in [2.24, 2.45) is 21.5 Å². The second-order valence-electron chi connectivity index (χ2n) is 8.51. The summed E-state index contributed by atoms with van der Waals surface area (Å²) in [5, 5.41) is 4.16. The van der Waals surface area contributed by atoms with Crippen LogP contribution in [0.3, 0.4) is 0 Å². The van der Waals surface area contributed by atoms with Crippen LogP contribution in [0.2, 0.25) is 0 Å². The third-order valence-electron chi connectivity index (χ3n) is 5.98. The molecule has 3 aromatic heterocycles. The van der Waals surface area contributed by atoms with Gasteiger partial charge in [0, 0.05) is 57.9 Å². The first-order valence-electron chi connectivity index (χ1n) is 12.1. The molecule has 5 rings (SSSR count). The lowest BCUT2D eigenvalue weighted by molar-refractivity contribution is 0.597. The molecule has 0 spiro atoms. The fourth-order valence-corrected chi connectivity index (χ4v) is 5.32. The van der Waals surface area contributed by atoms with E-state index in [-0.39, 0.29) is 0 Å². The molecular formula is C30H28N4OS2. The summed E-state index contributed by atoms with van der Waals surface area (Å²) in [6.45, 7) is 1.36. The zero-order chi connectivity index (χ0) is 25.5. The van der Waals surface area contributed by atoms with Crippen molar-refractivity contribution in [3.8, 4) is 22.6 Å². The largest absolute Gasteiger partial charge is 0.456 e. The molecule has 0 saturated heterocycles. The first-order valence-corrected chi connectivity index (χ1v) is 13.9. The number of rotatable bonds is 10. The number of nitrogens with two attached hydrogens (primary N) is 2. The lowest BCUT2D eigenvalue weighted by Gasteiger charge is -2.04. The summed E-state index contributed by atoms with van der Waals surface area (Å²) in [7, 11) is 0. The zero-order valence-electron chi connectivity index (χ0n) is 20.3. The first kappa shape index (κ1) is 24.7. The van der Waals surface area contributed by atoms with Crippen molar-refractivity contribution in [3.05, 3.63) is 117 Å². The van der Waals surface area contributed by atoms with E-state index in [1.807, 2.05) is 60.7 Å². The molecule has 0 radical (unpaired) electrons. The Morgan fingerprint density at radius 3 is 1.41 bits per heavy atom. The molecule has 0 unspecified atom stereocenters. The third kappa shape index (κ3) is 6.44. The molecule has 0 saturated carbocycles. The highest BCUT2D eigenvalue weighted by atomic mass is 32.1. The van der Waals surface area contributed by atoms with Gasteiger partial charge in [-0.25, -0.2) is 0 Å². The highest BCUT2D eigenvalue weighted by Gasteiger charge is 2.09. The van der Waals surface area contributed by atoms with E-state index in [9.17, 15) is 0 Å². The number of furan rings is 1. The highest BCUT2D eigenvalue weighted by molar-refractivity contribution is 7.10. The van der Waals surface area contributed by atoms with Crippen LogP contribution >= 0.6 is 22.7 Å². The van der Waals surface area contributed by atoms with Gasteiger partial charge in [0.1, 0.15) is 23.2 Å². The second-order valence-corrected chi connectivity index (χ2v) is 10.6. The molecule has 7 heteroatoms. The Bertz CT molecular complexity index is 1350. The van der Waals surface area contributed by atoms with Gasteiger partial charge in [-0.3, -0.25) is 9.98 Å². The van der Waals surface area contributed by atoms with Gasteiger partial charge in [0.15, 0.2) is 0 Å². The predicted octanol–water partition coefficient (Wildman–Crippen LogP) is 6.63. The number of thiophene rings is 2. The molecule has 0 amide bonds. The van der Waals surface area contributed by atoms with Crippen molar-refractivity contribution in [1.82, 2.24) is 0 Å². The Morgan fingerprint density at radius 2 is 1.03 bits per heavy atom. The number of nitrogens with zero attached hydrogens (tertiary/aromatic N) is 2. The number of benzene rings is 2. The molecule has 0 aliphatic heterocycles. The van der Waals surface area contributed by atoms with Crippen LogP contribution < -0.4 is 11.5 Å². The molecule has 0 aliphatic rings. The molecule has 5 nitrogen and oxygen atoms in total. The topological polar surface area (TPSA) is 89.9 Å². The van der Waals surface area contributed by atoms with E-state index in [0.29, 0.717) is 24.8 Å². The van der Waals surface area contributed by atoms with Gasteiger partial charge in [-0.2, -0.15) is 0 Å². The maximum Gasteiger partial charge on any atom is 0.134 e. The van der Waals surface area contributed by atoms with Gasteiger partial charge in [-0.1, -0.05) is 60.7 Å². The van der Waals surface area contributed by atoms with E-state index in [1.54, 1.807) is 22.7 Å². The van der Waals surface area contributed by atoms with Gasteiger partial charge in [-0.05, 0) is 35.0 Å². The van der Waals surface area contributed by atoms with Crippen LogP contribution in [0.15, 0.2) is 110 Å². The predicted molar refractivity (Wildman–Crippen MR) is 157 cm³/mol. The normalized spacial score (nSPS) is 12.2. The lowest BCUT2D eigenvalue weighted by atomic mass is 10.1. The van der Waals surface area contributed by atoms with Crippen molar-refractivity contribution in [3.63, 3.8) is 0 Å². The molecule has 37 heavy (non-hydrogen) atoms. The van der Waals surface area contributed by atoms with Crippen LogP contribution in [-0.4, -0.2) is 24.8 Å². The Morgan fingerprint density at radius 1 is 0.595 bits per heavy atom. The molecular weight excluding hydrogens is 496 g/mol. The van der Waals surface area contributed by atoms with Gasteiger partial charge in [0.2, 0.25) is 0 Å². The monoisotopic (exact) mass is 524 g/mol. The average molecular weight is 525 g/mol. The summed E-state index contributed by atoms with van der Waals surface area (Å²) in [5.41, 5.74) is 16.2. The molecule has 0 bridgehead atoms. The molecule has 0 atom stereocenters. The molecule has 0 fully saturated rings. The number of hydrogen-bond acceptors (Lipinski definition) is 5. The van der Waals surface area contributed by atoms with E-state index in [1.165, 1.54) is 9.75 Å². The van der Waals surface area contributed by atoms with Gasteiger partial charge in [0.05, 0.1) is 0 Å². The molecule has 2 aromatic carbocycles. The summed E-state index contributed by atoms with van der Waals surface area (Å²) in [6, 6.07) is 28.3. The summed E-state index contributed by atoms with van der Waals surface area (Å²) < 4.78 is 6.15. The minimum Gasteiger partial charge on any atom is -0.456 e. The van der Waals surface area contributed by atoms with Crippen molar-refractivity contribution in [1.29, 1.82) is 0 Å². The van der Waals surface area contributed by atoms with Gasteiger partial charge < -0.3 is 15.9 Å². The maximum absolute atomic E-state index is 6.20. The van der Waals surface area contributed by atoms with Crippen LogP contribution in [-0.2, 0) is 12.8 Å². The number of hydrogen-bond donors (Lipinski definition) is 2. The quantitative estimate of drug-likeness (QED) is 0.159. The summed E-state index contributed by atoms with van der Waals surface area (Å²) in [4.78, 5) is 11.7. The van der Waals surface area contributed by atoms with Crippen LogP contribution in [0.4, 0.5) is 0 Å². The first-order chi connectivity index (χ1) is 18.2. The van der Waals surface area contributed by atoms with Gasteiger partial charge in [-0.15, -0.1) is 22.7 Å². The van der Waals surface area contributed by atoms with Crippen molar-refractivity contribution in [2.45, 2.75) is 12.8 Å². The van der Waals surface area contributed by atoms with Gasteiger partial charge in [0.25, 0.3) is 0 Å². The van der Waals surface area contributed by atoms with E-state index in [0.717, 1.165) is 46.6 Å². The van der Waals surface area contributed by atoms with E-state index >= 15 is 0 Å². The second kappa shape index (κ2) is 11.9. The molecule has 3 heterocycles. The summed E-state index contributed by atoms with van der Waals surface area (Å²) >= 11 is 3.49. The molecule has 5 aromatic rings. The van der Waals surface area contributed by atoms with Gasteiger partial charge >= 0.3 is 0 Å². The summed E-state index contributed by atoms with van der Waals surface area (Å²) in [5.74, 6) is 2.71. The Labute approximate surface area is 224 Å². The van der Waals surface area contributed by atoms with E-state index < -0.39 is 0 Å². The van der Waals surface area contributed by atoms with Crippen molar-refractivity contribution in [2.75, 3.05) is 13.1 Å². The van der Waals surface area contributed by atoms with Crippen LogP contribution in [0.5, 0.6) is 0 Å². The molecule has 4 N–H and O–H groups in total. The zero-order valence-corrected chi connectivity index (χ0v) is 22.0. The van der Waals surface area contributed by atoms with Crippen molar-refractivity contribution >= 4 is 34.3 Å². The smallest absolute Gasteiger partial charge is 0.134 e. The Balaban J connectivity index is 1.20. The standard InChI is InChI=1S/C30H28N4OS2/c31-29(33-17-15-25-3-1-19-36-25)23-9-5-21(6-10-23)27-13-14-28(35-27)22-7-11-24(12-8-22)30(32)34-18-16-26-4-2-20-37-26/h1-14,19-20H,15-18H2,(H2,31,33)(H2,32,34). The molecule has 0 aliphatic carbocycles. The Kier molecular flexibility index (Phi) is 7.93.